The van der Waals surface area contributed by atoms with Gasteiger partial charge in [0.15, 0.2) is 0 Å². The van der Waals surface area contributed by atoms with Gasteiger partial charge in [0.05, 0.1) is 13.2 Å². The number of hydrogen-bond donors (Lipinski definition) is 0. The maximum absolute atomic E-state index is 12.5. The van der Waals surface area contributed by atoms with Crippen LogP contribution in [0, 0.1) is 0 Å². The van der Waals surface area contributed by atoms with E-state index in [-0.39, 0.29) is 30.0 Å². The molecule has 8 nitrogen and oxygen atoms in total. The van der Waals surface area contributed by atoms with E-state index in [9.17, 15) is 14.4 Å². The summed E-state index contributed by atoms with van der Waals surface area (Å²) in [5.74, 6) is -0.830. The van der Waals surface area contributed by atoms with Crippen LogP contribution in [0.2, 0.25) is 0 Å². The summed E-state index contributed by atoms with van der Waals surface area (Å²) in [5.41, 5.74) is 0.290. The van der Waals surface area contributed by atoms with Gasteiger partial charge in [0.2, 0.25) is 0 Å². The van der Waals surface area contributed by atoms with Gasteiger partial charge in [0, 0.05) is 26.2 Å². The highest BCUT2D eigenvalue weighted by Crippen LogP contribution is 2.09. The first-order valence-corrected chi connectivity index (χ1v) is 7.92. The van der Waals surface area contributed by atoms with Gasteiger partial charge >= 0.3 is 12.1 Å². The quantitative estimate of drug-likeness (QED) is 0.768. The van der Waals surface area contributed by atoms with Crippen molar-refractivity contribution in [3.63, 3.8) is 0 Å². The second-order valence-electron chi connectivity index (χ2n) is 5.11. The van der Waals surface area contributed by atoms with E-state index < -0.39 is 5.97 Å². The molecule has 0 radical (unpaired) electrons. The third-order valence-corrected chi connectivity index (χ3v) is 3.55. The number of aromatic nitrogens is 1. The predicted molar refractivity (Wildman–Crippen MR) is 84.7 cm³/mol. The van der Waals surface area contributed by atoms with E-state index in [2.05, 4.69) is 4.98 Å². The van der Waals surface area contributed by atoms with Gasteiger partial charge in [-0.25, -0.2) is 14.6 Å². The molecule has 0 bridgehead atoms. The normalized spacial score (nSPS) is 14.2. The second kappa shape index (κ2) is 8.28. The van der Waals surface area contributed by atoms with Crippen LogP contribution in [-0.2, 0) is 9.47 Å². The largest absolute Gasteiger partial charge is 0.461 e. The maximum atomic E-state index is 12.5. The summed E-state index contributed by atoms with van der Waals surface area (Å²) in [5, 5.41) is 0. The molecule has 2 heterocycles. The zero-order valence-electron chi connectivity index (χ0n) is 13.9. The fourth-order valence-electron chi connectivity index (χ4n) is 2.34. The molecule has 2 rings (SSSR count). The van der Waals surface area contributed by atoms with Crippen LogP contribution in [0.3, 0.4) is 0 Å². The molecule has 1 aliphatic heterocycles. The number of amides is 2. The van der Waals surface area contributed by atoms with Crippen molar-refractivity contribution in [2.24, 2.45) is 0 Å². The molecule has 0 atom stereocenters. The fourth-order valence-corrected chi connectivity index (χ4v) is 2.34. The van der Waals surface area contributed by atoms with Crippen molar-refractivity contribution in [1.82, 2.24) is 14.8 Å². The summed E-state index contributed by atoms with van der Waals surface area (Å²) in [6, 6.07) is 4.66. The topological polar surface area (TPSA) is 89.0 Å². The molecule has 2 amide bonds. The molecular formula is C16H21N3O5. The van der Waals surface area contributed by atoms with Crippen LogP contribution >= 0.6 is 0 Å². The molecule has 0 spiro atoms. The third kappa shape index (κ3) is 4.21. The van der Waals surface area contributed by atoms with Crippen LogP contribution in [0.25, 0.3) is 0 Å². The fraction of sp³-hybridized carbons (Fsp3) is 0.500. The van der Waals surface area contributed by atoms with Gasteiger partial charge < -0.3 is 19.3 Å². The summed E-state index contributed by atoms with van der Waals surface area (Å²) < 4.78 is 9.83. The Kier molecular flexibility index (Phi) is 6.11. The summed E-state index contributed by atoms with van der Waals surface area (Å²) >= 11 is 0. The van der Waals surface area contributed by atoms with Gasteiger partial charge in [0.1, 0.15) is 11.4 Å². The number of nitrogens with zero attached hydrogens (tertiary/aromatic N) is 3. The molecule has 0 N–H and O–H groups in total. The zero-order valence-corrected chi connectivity index (χ0v) is 13.9. The van der Waals surface area contributed by atoms with Crippen LogP contribution in [0.4, 0.5) is 4.79 Å². The first-order chi connectivity index (χ1) is 11.6. The van der Waals surface area contributed by atoms with E-state index in [0.717, 1.165) is 0 Å². The van der Waals surface area contributed by atoms with Crippen LogP contribution in [0.1, 0.15) is 34.8 Å². The van der Waals surface area contributed by atoms with Crippen molar-refractivity contribution in [3.8, 4) is 0 Å². The Bertz CT molecular complexity index is 611. The van der Waals surface area contributed by atoms with Crippen LogP contribution < -0.4 is 0 Å². The van der Waals surface area contributed by atoms with Crippen LogP contribution in [-0.4, -0.2) is 72.1 Å². The Hall–Kier alpha value is -2.64. The average molecular weight is 335 g/mol. The van der Waals surface area contributed by atoms with Gasteiger partial charge in [-0.05, 0) is 26.0 Å². The number of pyridine rings is 1. The van der Waals surface area contributed by atoms with Crippen LogP contribution in [0.5, 0.6) is 0 Å². The SMILES string of the molecule is CCOC(=O)c1cccc(C(=O)N2CCN(C(=O)OCC)CC2)n1. The lowest BCUT2D eigenvalue weighted by molar-refractivity contribution is 0.0516. The lowest BCUT2D eigenvalue weighted by Gasteiger charge is -2.33. The Balaban J connectivity index is 1.99. The number of carbonyl (C=O) groups is 3. The molecule has 0 aromatic carbocycles. The van der Waals surface area contributed by atoms with Crippen molar-refractivity contribution in [2.75, 3.05) is 39.4 Å². The zero-order chi connectivity index (χ0) is 17.5. The van der Waals surface area contributed by atoms with Crippen molar-refractivity contribution in [3.05, 3.63) is 29.6 Å². The molecule has 0 aliphatic carbocycles. The van der Waals surface area contributed by atoms with E-state index in [0.29, 0.717) is 32.8 Å². The molecule has 1 aliphatic rings. The molecule has 1 aromatic heterocycles. The standard InChI is InChI=1S/C16H21N3O5/c1-3-23-15(21)13-7-5-6-12(17-13)14(20)18-8-10-19(11-9-18)16(22)24-4-2/h5-7H,3-4,8-11H2,1-2H3. The van der Waals surface area contributed by atoms with Crippen molar-refractivity contribution in [2.45, 2.75) is 13.8 Å². The smallest absolute Gasteiger partial charge is 0.409 e. The number of hydrogen-bond acceptors (Lipinski definition) is 6. The van der Waals surface area contributed by atoms with E-state index in [1.165, 1.54) is 6.07 Å². The van der Waals surface area contributed by atoms with Gasteiger partial charge in [-0.15, -0.1) is 0 Å². The van der Waals surface area contributed by atoms with Crippen LogP contribution in [0.15, 0.2) is 18.2 Å². The monoisotopic (exact) mass is 335 g/mol. The average Bonchev–Trinajstić information content (AvgIpc) is 2.62. The van der Waals surface area contributed by atoms with Gasteiger partial charge in [-0.1, -0.05) is 6.07 Å². The van der Waals surface area contributed by atoms with Gasteiger partial charge in [-0.2, -0.15) is 0 Å². The molecule has 0 saturated carbocycles. The Morgan fingerprint density at radius 3 is 2.17 bits per heavy atom. The number of carbonyl (C=O) groups excluding carboxylic acids is 3. The Labute approximate surface area is 140 Å². The number of ether oxygens (including phenoxy) is 2. The molecule has 0 unspecified atom stereocenters. The van der Waals surface area contributed by atoms with E-state index in [4.69, 9.17) is 9.47 Å². The molecule has 8 heteroatoms. The number of rotatable bonds is 4. The van der Waals surface area contributed by atoms with Crippen molar-refractivity contribution < 1.29 is 23.9 Å². The molecule has 1 aromatic rings. The first-order valence-electron chi connectivity index (χ1n) is 7.92. The van der Waals surface area contributed by atoms with Gasteiger partial charge in [-0.3, -0.25) is 4.79 Å². The summed E-state index contributed by atoms with van der Waals surface area (Å²) in [6.45, 7) is 5.61. The second-order valence-corrected chi connectivity index (χ2v) is 5.11. The summed E-state index contributed by atoms with van der Waals surface area (Å²) in [6.07, 6.45) is -0.368. The minimum absolute atomic E-state index is 0.104. The lowest BCUT2D eigenvalue weighted by atomic mass is 10.2. The number of piperazine rings is 1. The highest BCUT2D eigenvalue weighted by molar-refractivity contribution is 5.94. The minimum atomic E-state index is -0.556. The number of esters is 1. The molecule has 24 heavy (non-hydrogen) atoms. The third-order valence-electron chi connectivity index (χ3n) is 3.55. The Morgan fingerprint density at radius 2 is 1.54 bits per heavy atom. The first kappa shape index (κ1) is 17.7. The molecule has 1 fully saturated rings. The predicted octanol–water partition coefficient (Wildman–Crippen LogP) is 1.17. The van der Waals surface area contributed by atoms with Gasteiger partial charge in [0.25, 0.3) is 5.91 Å². The minimum Gasteiger partial charge on any atom is -0.461 e. The van der Waals surface area contributed by atoms with Crippen molar-refractivity contribution in [1.29, 1.82) is 0 Å². The lowest BCUT2D eigenvalue weighted by Crippen LogP contribution is -2.50. The van der Waals surface area contributed by atoms with E-state index >= 15 is 0 Å². The Morgan fingerprint density at radius 1 is 0.958 bits per heavy atom. The molecule has 1 saturated heterocycles. The van der Waals surface area contributed by atoms with E-state index in [1.54, 1.807) is 35.8 Å². The van der Waals surface area contributed by atoms with Crippen molar-refractivity contribution >= 4 is 18.0 Å². The maximum Gasteiger partial charge on any atom is 0.409 e. The highest BCUT2D eigenvalue weighted by atomic mass is 16.6. The summed E-state index contributed by atoms with van der Waals surface area (Å²) in [7, 11) is 0. The highest BCUT2D eigenvalue weighted by Gasteiger charge is 2.26. The molecular weight excluding hydrogens is 314 g/mol. The summed E-state index contributed by atoms with van der Waals surface area (Å²) in [4.78, 5) is 43.1. The molecule has 130 valence electrons. The van der Waals surface area contributed by atoms with E-state index in [1.807, 2.05) is 0 Å².